The van der Waals surface area contributed by atoms with E-state index in [-0.39, 0.29) is 11.8 Å². The summed E-state index contributed by atoms with van der Waals surface area (Å²) in [6.07, 6.45) is 0.954. The fourth-order valence-corrected chi connectivity index (χ4v) is 6.05. The number of benzene rings is 2. The van der Waals surface area contributed by atoms with Gasteiger partial charge in [0.25, 0.3) is 0 Å². The van der Waals surface area contributed by atoms with E-state index in [1.807, 2.05) is 42.8 Å². The predicted octanol–water partition coefficient (Wildman–Crippen LogP) is 2.58. The Morgan fingerprint density at radius 2 is 1.77 bits per heavy atom. The van der Waals surface area contributed by atoms with Crippen LogP contribution in [0.3, 0.4) is 0 Å². The largest absolute Gasteiger partial charge is 0.318 e. The predicted molar refractivity (Wildman–Crippen MR) is 117 cm³/mol. The van der Waals surface area contributed by atoms with E-state index in [9.17, 15) is 13.2 Å². The number of para-hydroxylation sites is 1. The summed E-state index contributed by atoms with van der Waals surface area (Å²) in [5.41, 5.74) is 4.74. The first-order valence-electron chi connectivity index (χ1n) is 9.81. The number of hydrogen-bond acceptors (Lipinski definition) is 5. The molecule has 0 bridgehead atoms. The van der Waals surface area contributed by atoms with Gasteiger partial charge in [-0.1, -0.05) is 41.2 Å². The monoisotopic (exact) mass is 444 g/mol. The van der Waals surface area contributed by atoms with Crippen molar-refractivity contribution >= 4 is 37.5 Å². The van der Waals surface area contributed by atoms with Gasteiger partial charge in [-0.05, 0) is 44.0 Å². The summed E-state index contributed by atoms with van der Waals surface area (Å²) in [5, 5.41) is 4.29. The number of aryl methyl sites for hydroxylation is 2. The van der Waals surface area contributed by atoms with Gasteiger partial charge in [0, 0.05) is 26.1 Å². The Labute approximate surface area is 179 Å². The Balaban J connectivity index is 1.40. The first-order chi connectivity index (χ1) is 14.4. The summed E-state index contributed by atoms with van der Waals surface area (Å²) in [6.45, 7) is 2.57. The third-order valence-corrected chi connectivity index (χ3v) is 8.49. The summed E-state index contributed by atoms with van der Waals surface area (Å²) in [7, 11) is -1.61. The van der Waals surface area contributed by atoms with E-state index >= 15 is 0 Å². The Kier molecular flexibility index (Phi) is 5.77. The van der Waals surface area contributed by atoms with Gasteiger partial charge in [-0.2, -0.15) is 4.31 Å². The highest BCUT2D eigenvalue weighted by molar-refractivity contribution is 7.89. The number of hydrogen-bond donors (Lipinski definition) is 1. The fourth-order valence-electron chi connectivity index (χ4n) is 3.60. The summed E-state index contributed by atoms with van der Waals surface area (Å²) >= 11 is 1.51. The zero-order valence-electron chi connectivity index (χ0n) is 16.9. The van der Waals surface area contributed by atoms with E-state index < -0.39 is 10.0 Å². The van der Waals surface area contributed by atoms with Gasteiger partial charge in [0.2, 0.25) is 20.7 Å². The molecular weight excluding hydrogens is 420 g/mol. The molecule has 0 atom stereocenters. The van der Waals surface area contributed by atoms with E-state index in [1.165, 1.54) is 15.6 Å². The Morgan fingerprint density at radius 1 is 1.10 bits per heavy atom. The van der Waals surface area contributed by atoms with Gasteiger partial charge >= 0.3 is 0 Å². The minimum Gasteiger partial charge on any atom is -0.318 e. The zero-order chi connectivity index (χ0) is 21.3. The number of sulfonamides is 1. The van der Waals surface area contributed by atoms with E-state index in [0.29, 0.717) is 35.6 Å². The summed E-state index contributed by atoms with van der Waals surface area (Å²) in [4.78, 5) is 13.6. The minimum atomic E-state index is -3.53. The second-order valence-corrected chi connectivity index (χ2v) is 10.4. The lowest BCUT2D eigenvalue weighted by molar-refractivity contribution is -0.126. The molecule has 2 aromatic carbocycles. The lowest BCUT2D eigenvalue weighted by atomic mass is 9.98. The van der Waals surface area contributed by atoms with Gasteiger partial charge in [-0.25, -0.2) is 13.8 Å². The van der Waals surface area contributed by atoms with Gasteiger partial charge < -0.3 is 4.57 Å². The van der Waals surface area contributed by atoms with Gasteiger partial charge in [0.05, 0.1) is 15.1 Å². The maximum absolute atomic E-state index is 12.8. The molecular formula is C21H24N4O3S2. The van der Waals surface area contributed by atoms with Crippen molar-refractivity contribution < 1.29 is 13.2 Å². The third kappa shape index (κ3) is 4.05. The molecule has 0 spiro atoms. The van der Waals surface area contributed by atoms with Crippen LogP contribution < -0.4 is 10.2 Å². The number of piperidine rings is 1. The molecule has 0 radical (unpaired) electrons. The highest BCUT2D eigenvalue weighted by atomic mass is 32.2. The summed E-state index contributed by atoms with van der Waals surface area (Å²) in [5.74, 6) is -0.419. The van der Waals surface area contributed by atoms with Crippen molar-refractivity contribution in [2.75, 3.05) is 13.1 Å². The van der Waals surface area contributed by atoms with Crippen molar-refractivity contribution in [2.24, 2.45) is 18.1 Å². The molecule has 3 aromatic rings. The average Bonchev–Trinajstić information content (AvgIpc) is 3.08. The van der Waals surface area contributed by atoms with E-state index in [0.717, 1.165) is 15.8 Å². The Hall–Kier alpha value is -2.49. The highest BCUT2D eigenvalue weighted by Gasteiger charge is 2.32. The Morgan fingerprint density at radius 3 is 2.43 bits per heavy atom. The molecule has 1 saturated heterocycles. The number of nitrogens with zero attached hydrogens (tertiary/aromatic N) is 3. The zero-order valence-corrected chi connectivity index (χ0v) is 18.5. The first-order valence-corrected chi connectivity index (χ1v) is 12.1. The lowest BCUT2D eigenvalue weighted by Gasteiger charge is -2.30. The maximum atomic E-state index is 12.8. The standard InChI is InChI=1S/C21H24N4O3S2/c1-15-7-9-17(10-8-15)30(27,28)25-13-11-16(12-14-25)20(26)22-23-21-24(2)18-5-3-4-6-19(18)29-21/h3-10,16H,11-14H2,1-2H3,(H,22,26)/b23-21-. The van der Waals surface area contributed by atoms with Crippen molar-refractivity contribution in [1.29, 1.82) is 0 Å². The van der Waals surface area contributed by atoms with Crippen molar-refractivity contribution in [3.63, 3.8) is 0 Å². The number of carbonyl (C=O) groups is 1. The van der Waals surface area contributed by atoms with Crippen LogP contribution in [0.5, 0.6) is 0 Å². The van der Waals surface area contributed by atoms with Crippen LogP contribution >= 0.6 is 11.3 Å². The number of amides is 1. The molecule has 4 rings (SSSR count). The average molecular weight is 445 g/mol. The molecule has 0 aliphatic carbocycles. The molecule has 2 heterocycles. The van der Waals surface area contributed by atoms with Crippen molar-refractivity contribution in [1.82, 2.24) is 14.3 Å². The smallest absolute Gasteiger partial charge is 0.243 e. The topological polar surface area (TPSA) is 83.8 Å². The van der Waals surface area contributed by atoms with Crippen molar-refractivity contribution in [2.45, 2.75) is 24.7 Å². The number of rotatable bonds is 4. The molecule has 1 amide bonds. The SMILES string of the molecule is Cc1ccc(S(=O)(=O)N2CCC(C(=O)N/N=c3\sc4ccccc4n3C)CC2)cc1. The molecule has 158 valence electrons. The second kappa shape index (κ2) is 8.33. The van der Waals surface area contributed by atoms with Crippen LogP contribution in [-0.2, 0) is 21.9 Å². The molecule has 30 heavy (non-hydrogen) atoms. The van der Waals surface area contributed by atoms with Crippen LogP contribution in [0.25, 0.3) is 10.2 Å². The van der Waals surface area contributed by atoms with Gasteiger partial charge in [-0.15, -0.1) is 5.10 Å². The number of nitrogens with one attached hydrogen (secondary N) is 1. The number of thiazole rings is 1. The molecule has 1 fully saturated rings. The van der Waals surface area contributed by atoms with Gasteiger partial charge in [0.15, 0.2) is 0 Å². The van der Waals surface area contributed by atoms with E-state index in [4.69, 9.17) is 0 Å². The summed E-state index contributed by atoms with van der Waals surface area (Å²) < 4.78 is 30.1. The number of carbonyl (C=O) groups excluding carboxylic acids is 1. The van der Waals surface area contributed by atoms with Crippen LogP contribution in [0, 0.1) is 12.8 Å². The van der Waals surface area contributed by atoms with E-state index in [1.54, 1.807) is 24.3 Å². The molecule has 1 aliphatic rings. The first kappa shape index (κ1) is 20.8. The Bertz CT molecular complexity index is 1240. The quantitative estimate of drug-likeness (QED) is 0.628. The lowest BCUT2D eigenvalue weighted by Crippen LogP contribution is -2.42. The normalized spacial score (nSPS) is 16.8. The van der Waals surface area contributed by atoms with Crippen LogP contribution in [-0.4, -0.2) is 36.3 Å². The number of fused-ring (bicyclic) bond motifs is 1. The van der Waals surface area contributed by atoms with Gasteiger partial charge in [-0.3, -0.25) is 4.79 Å². The highest BCUT2D eigenvalue weighted by Crippen LogP contribution is 2.24. The third-order valence-electron chi connectivity index (χ3n) is 5.46. The molecule has 0 saturated carbocycles. The van der Waals surface area contributed by atoms with Crippen LogP contribution in [0.15, 0.2) is 58.5 Å². The van der Waals surface area contributed by atoms with Crippen LogP contribution in [0.4, 0.5) is 0 Å². The van der Waals surface area contributed by atoms with Crippen molar-refractivity contribution in [3.8, 4) is 0 Å². The molecule has 1 aliphatic heterocycles. The van der Waals surface area contributed by atoms with Crippen molar-refractivity contribution in [3.05, 3.63) is 58.9 Å². The molecule has 9 heteroatoms. The molecule has 7 nitrogen and oxygen atoms in total. The maximum Gasteiger partial charge on any atom is 0.243 e. The molecule has 0 unspecified atom stereocenters. The van der Waals surface area contributed by atoms with Crippen LogP contribution in [0.1, 0.15) is 18.4 Å². The minimum absolute atomic E-state index is 0.167. The summed E-state index contributed by atoms with van der Waals surface area (Å²) in [6, 6.07) is 14.8. The fraction of sp³-hybridized carbons (Fsp3) is 0.333. The van der Waals surface area contributed by atoms with Crippen LogP contribution in [0.2, 0.25) is 0 Å². The molecule has 1 aromatic heterocycles. The number of aromatic nitrogens is 1. The van der Waals surface area contributed by atoms with E-state index in [2.05, 4.69) is 10.5 Å². The van der Waals surface area contributed by atoms with Gasteiger partial charge in [0.1, 0.15) is 0 Å². The molecule has 1 N–H and O–H groups in total. The second-order valence-electron chi connectivity index (χ2n) is 7.49.